The van der Waals surface area contributed by atoms with Gasteiger partial charge in [-0.3, -0.25) is 0 Å². The van der Waals surface area contributed by atoms with Crippen LogP contribution in [0.3, 0.4) is 0 Å². The molecule has 0 bridgehead atoms. The average molecular weight is 316 g/mol. The molecule has 0 fully saturated rings. The summed E-state index contributed by atoms with van der Waals surface area (Å²) in [6.45, 7) is 10.0. The van der Waals surface area contributed by atoms with E-state index >= 15 is 0 Å². The largest absolute Gasteiger partial charge is 0.394 e. The summed E-state index contributed by atoms with van der Waals surface area (Å²) in [5, 5.41) is 0. The van der Waals surface area contributed by atoms with Gasteiger partial charge in [0.15, 0.2) is 0 Å². The molecule has 1 unspecified atom stereocenters. The SMILES string of the molecule is CCCC(I)[Si](C)(OCC)OCC. The number of hydrogen-bond acceptors (Lipinski definition) is 2. The van der Waals surface area contributed by atoms with E-state index in [0.717, 1.165) is 13.2 Å². The fraction of sp³-hybridized carbons (Fsp3) is 1.00. The zero-order chi connectivity index (χ0) is 10.3. The van der Waals surface area contributed by atoms with Gasteiger partial charge in [0.2, 0.25) is 0 Å². The second kappa shape index (κ2) is 7.20. The monoisotopic (exact) mass is 316 g/mol. The minimum absolute atomic E-state index is 0.565. The van der Waals surface area contributed by atoms with Crippen LogP contribution in [-0.4, -0.2) is 25.3 Å². The van der Waals surface area contributed by atoms with Crippen LogP contribution in [0.15, 0.2) is 0 Å². The molecule has 0 aromatic carbocycles. The zero-order valence-corrected chi connectivity index (χ0v) is 12.3. The van der Waals surface area contributed by atoms with Crippen molar-refractivity contribution in [2.24, 2.45) is 0 Å². The molecule has 0 radical (unpaired) electrons. The van der Waals surface area contributed by atoms with E-state index in [4.69, 9.17) is 8.85 Å². The van der Waals surface area contributed by atoms with E-state index in [-0.39, 0.29) is 0 Å². The fourth-order valence-electron chi connectivity index (χ4n) is 1.31. The maximum absolute atomic E-state index is 5.79. The third-order valence-electron chi connectivity index (χ3n) is 1.97. The molecule has 0 aromatic heterocycles. The molecule has 80 valence electrons. The van der Waals surface area contributed by atoms with E-state index in [9.17, 15) is 0 Å². The molecule has 1 atom stereocenters. The highest BCUT2D eigenvalue weighted by molar-refractivity contribution is 14.1. The smallest absolute Gasteiger partial charge is 0.348 e. The van der Waals surface area contributed by atoms with Crippen LogP contribution in [0.25, 0.3) is 0 Å². The van der Waals surface area contributed by atoms with Crippen molar-refractivity contribution >= 4 is 31.2 Å². The van der Waals surface area contributed by atoms with Gasteiger partial charge in [-0.05, 0) is 26.8 Å². The van der Waals surface area contributed by atoms with Crippen LogP contribution in [0.4, 0.5) is 0 Å². The summed E-state index contributed by atoms with van der Waals surface area (Å²) >= 11 is 2.48. The normalized spacial score (nSPS) is 14.5. The first-order chi connectivity index (χ1) is 6.10. The Morgan fingerprint density at radius 1 is 1.15 bits per heavy atom. The van der Waals surface area contributed by atoms with Crippen molar-refractivity contribution in [3.8, 4) is 0 Å². The first kappa shape index (κ1) is 13.9. The third kappa shape index (κ3) is 4.76. The Labute approximate surface area is 96.8 Å². The predicted octanol–water partition coefficient (Wildman–Crippen LogP) is 3.27. The molecule has 0 saturated heterocycles. The molecule has 0 saturated carbocycles. The van der Waals surface area contributed by atoms with Crippen LogP contribution in [0.2, 0.25) is 6.55 Å². The van der Waals surface area contributed by atoms with E-state index in [1.165, 1.54) is 12.8 Å². The maximum atomic E-state index is 5.79. The number of hydrogen-bond donors (Lipinski definition) is 0. The van der Waals surface area contributed by atoms with E-state index < -0.39 is 8.56 Å². The molecule has 0 heterocycles. The number of halogens is 1. The minimum atomic E-state index is -1.89. The predicted molar refractivity (Wildman–Crippen MR) is 67.6 cm³/mol. The summed E-state index contributed by atoms with van der Waals surface area (Å²) in [6, 6.07) is 0. The molecule has 13 heavy (non-hydrogen) atoms. The van der Waals surface area contributed by atoms with Gasteiger partial charge >= 0.3 is 8.56 Å². The molecule has 0 amide bonds. The molecule has 0 rings (SSSR count). The lowest BCUT2D eigenvalue weighted by Crippen LogP contribution is -2.48. The first-order valence-electron chi connectivity index (χ1n) is 5.02. The molecular formula is C9H21IO2Si. The molecule has 0 aromatic rings. The maximum Gasteiger partial charge on any atom is 0.348 e. The molecule has 4 heteroatoms. The molecule has 0 aliphatic rings. The summed E-state index contributed by atoms with van der Waals surface area (Å²) < 4.78 is 12.2. The number of rotatable bonds is 7. The van der Waals surface area contributed by atoms with E-state index in [1.54, 1.807) is 0 Å². The van der Waals surface area contributed by atoms with Crippen molar-refractivity contribution in [3.63, 3.8) is 0 Å². The molecule has 0 N–H and O–H groups in total. The van der Waals surface area contributed by atoms with E-state index in [1.807, 2.05) is 13.8 Å². The highest BCUT2D eigenvalue weighted by atomic mass is 127. The lowest BCUT2D eigenvalue weighted by atomic mass is 10.4. The van der Waals surface area contributed by atoms with Crippen LogP contribution >= 0.6 is 22.6 Å². The lowest BCUT2D eigenvalue weighted by Gasteiger charge is -2.30. The van der Waals surface area contributed by atoms with E-state index in [0.29, 0.717) is 3.55 Å². The first-order valence-corrected chi connectivity index (χ1v) is 8.66. The molecule has 0 spiro atoms. The standard InChI is InChI=1S/C9H21IO2Si/c1-5-8-9(10)13(4,11-6-2)12-7-3/h9H,5-8H2,1-4H3. The minimum Gasteiger partial charge on any atom is -0.394 e. The van der Waals surface area contributed by atoms with Crippen molar-refractivity contribution < 1.29 is 8.85 Å². The molecular weight excluding hydrogens is 295 g/mol. The summed E-state index contributed by atoms with van der Waals surface area (Å²) in [6.07, 6.45) is 2.40. The lowest BCUT2D eigenvalue weighted by molar-refractivity contribution is 0.187. The molecule has 0 aliphatic heterocycles. The summed E-state index contributed by atoms with van der Waals surface area (Å²) in [4.78, 5) is 0. The quantitative estimate of drug-likeness (QED) is 0.408. The van der Waals surface area contributed by atoms with Crippen molar-refractivity contribution in [3.05, 3.63) is 0 Å². The van der Waals surface area contributed by atoms with Gasteiger partial charge in [0.25, 0.3) is 0 Å². The van der Waals surface area contributed by atoms with Crippen LogP contribution in [-0.2, 0) is 8.85 Å². The Hall–Kier alpha value is 0.867. The molecule has 0 aliphatic carbocycles. The number of alkyl halides is 1. The fourth-order valence-corrected chi connectivity index (χ4v) is 5.42. The van der Waals surface area contributed by atoms with Crippen LogP contribution in [0.5, 0.6) is 0 Å². The molecule has 2 nitrogen and oxygen atoms in total. The summed E-state index contributed by atoms with van der Waals surface area (Å²) in [7, 11) is -1.89. The van der Waals surface area contributed by atoms with Gasteiger partial charge < -0.3 is 8.85 Å². The highest BCUT2D eigenvalue weighted by Gasteiger charge is 2.38. The van der Waals surface area contributed by atoms with Crippen LogP contribution in [0, 0.1) is 0 Å². The summed E-state index contributed by atoms with van der Waals surface area (Å²) in [5.74, 6) is 0. The topological polar surface area (TPSA) is 18.5 Å². The van der Waals surface area contributed by atoms with Crippen molar-refractivity contribution in [1.29, 1.82) is 0 Å². The Morgan fingerprint density at radius 3 is 1.92 bits per heavy atom. The van der Waals surface area contributed by atoms with Gasteiger partial charge in [-0.15, -0.1) is 0 Å². The average Bonchev–Trinajstić information content (AvgIpc) is 2.05. The van der Waals surface area contributed by atoms with Crippen molar-refractivity contribution in [2.45, 2.75) is 43.7 Å². The van der Waals surface area contributed by atoms with Crippen molar-refractivity contribution in [1.82, 2.24) is 0 Å². The third-order valence-corrected chi connectivity index (χ3v) is 9.14. The Bertz CT molecular complexity index is 127. The van der Waals surface area contributed by atoms with Gasteiger partial charge in [0, 0.05) is 13.2 Å². The Balaban J connectivity index is 4.18. The Kier molecular flexibility index (Phi) is 7.68. The van der Waals surface area contributed by atoms with Crippen LogP contribution in [0.1, 0.15) is 33.6 Å². The second-order valence-corrected chi connectivity index (χ2v) is 9.12. The van der Waals surface area contributed by atoms with Gasteiger partial charge in [-0.2, -0.15) is 0 Å². The van der Waals surface area contributed by atoms with Gasteiger partial charge in [0.05, 0.1) is 3.55 Å². The zero-order valence-electron chi connectivity index (χ0n) is 9.10. The van der Waals surface area contributed by atoms with Crippen LogP contribution < -0.4 is 0 Å². The van der Waals surface area contributed by atoms with Crippen molar-refractivity contribution in [2.75, 3.05) is 13.2 Å². The summed E-state index contributed by atoms with van der Waals surface area (Å²) in [5.41, 5.74) is 0. The van der Waals surface area contributed by atoms with Gasteiger partial charge in [-0.25, -0.2) is 0 Å². The Morgan fingerprint density at radius 2 is 1.62 bits per heavy atom. The highest BCUT2D eigenvalue weighted by Crippen LogP contribution is 2.24. The van der Waals surface area contributed by atoms with Gasteiger partial charge in [0.1, 0.15) is 0 Å². The van der Waals surface area contributed by atoms with Gasteiger partial charge in [-0.1, -0.05) is 35.9 Å². The van der Waals surface area contributed by atoms with E-state index in [2.05, 4.69) is 36.1 Å². The second-order valence-electron chi connectivity index (χ2n) is 3.14.